The van der Waals surface area contributed by atoms with E-state index in [4.69, 9.17) is 0 Å². The zero-order valence-corrected chi connectivity index (χ0v) is 12.8. The molecule has 0 saturated carbocycles. The summed E-state index contributed by atoms with van der Waals surface area (Å²) in [6.07, 6.45) is 6.18. The standard InChI is InChI=1S/C12H8BrNO2.Na/c13-11-7-10(16)5-6-12(11)14-8-1-3-9(15)4-2-8;/h1-7,16H;/q;+1/p-1. The van der Waals surface area contributed by atoms with Crippen LogP contribution in [-0.4, -0.2) is 11.5 Å². The van der Waals surface area contributed by atoms with E-state index in [0.717, 1.165) is 0 Å². The van der Waals surface area contributed by atoms with Gasteiger partial charge in [0.05, 0.1) is 11.4 Å². The molecule has 2 rings (SSSR count). The minimum Gasteiger partial charge on any atom is -0.872 e. The van der Waals surface area contributed by atoms with E-state index < -0.39 is 0 Å². The van der Waals surface area contributed by atoms with E-state index in [1.807, 2.05) is 0 Å². The largest absolute Gasteiger partial charge is 1.00 e. The predicted octanol–water partition coefficient (Wildman–Crippen LogP) is -0.706. The first-order valence-electron chi connectivity index (χ1n) is 4.60. The normalized spacial score (nSPS) is 13.5. The summed E-state index contributed by atoms with van der Waals surface area (Å²) in [5, 5.41) is 11.0. The molecule has 5 heteroatoms. The molecule has 3 nitrogen and oxygen atoms in total. The Labute approximate surface area is 129 Å². The van der Waals surface area contributed by atoms with Gasteiger partial charge in [-0.15, -0.1) is 5.75 Å². The van der Waals surface area contributed by atoms with E-state index >= 15 is 0 Å². The Kier molecular flexibility index (Phi) is 5.33. The van der Waals surface area contributed by atoms with E-state index in [2.05, 4.69) is 20.9 Å². The Morgan fingerprint density at radius 1 is 1.12 bits per heavy atom. The van der Waals surface area contributed by atoms with Crippen LogP contribution in [-0.2, 0) is 4.79 Å². The third kappa shape index (κ3) is 3.92. The predicted molar refractivity (Wildman–Crippen MR) is 64.0 cm³/mol. The first-order valence-corrected chi connectivity index (χ1v) is 5.40. The molecular formula is C12H7BrNNaO2. The van der Waals surface area contributed by atoms with E-state index in [1.165, 1.54) is 24.3 Å². The number of hydrogen-bond donors (Lipinski definition) is 0. The van der Waals surface area contributed by atoms with Crippen LogP contribution < -0.4 is 34.7 Å². The van der Waals surface area contributed by atoms with Gasteiger partial charge in [-0.3, -0.25) is 4.79 Å². The van der Waals surface area contributed by atoms with Gasteiger partial charge in [0.1, 0.15) is 0 Å². The van der Waals surface area contributed by atoms with Crippen molar-refractivity contribution in [1.29, 1.82) is 0 Å². The molecule has 0 aliphatic heterocycles. The fraction of sp³-hybridized carbons (Fsp3) is 0. The van der Waals surface area contributed by atoms with E-state index in [9.17, 15) is 9.90 Å². The molecule has 0 saturated heterocycles. The number of benzene rings is 1. The number of ketones is 1. The quantitative estimate of drug-likeness (QED) is 0.508. The van der Waals surface area contributed by atoms with Gasteiger partial charge in [-0.2, -0.15) is 0 Å². The summed E-state index contributed by atoms with van der Waals surface area (Å²) in [5.74, 6) is -0.117. The molecule has 1 aromatic rings. The van der Waals surface area contributed by atoms with Gasteiger partial charge >= 0.3 is 29.6 Å². The number of allylic oxidation sites excluding steroid dienone is 4. The zero-order valence-electron chi connectivity index (χ0n) is 9.18. The molecule has 0 amide bonds. The van der Waals surface area contributed by atoms with Crippen molar-refractivity contribution in [2.45, 2.75) is 0 Å². The molecule has 0 spiro atoms. The van der Waals surface area contributed by atoms with Gasteiger partial charge in [-0.1, -0.05) is 12.1 Å². The van der Waals surface area contributed by atoms with Crippen LogP contribution in [0.2, 0.25) is 0 Å². The van der Waals surface area contributed by atoms with Crippen molar-refractivity contribution >= 4 is 33.1 Å². The summed E-state index contributed by atoms with van der Waals surface area (Å²) in [5.41, 5.74) is 1.34. The maximum atomic E-state index is 11.0. The number of hydrogen-bond acceptors (Lipinski definition) is 3. The smallest absolute Gasteiger partial charge is 0.872 e. The number of aliphatic imine (C=N–C) groups is 1. The monoisotopic (exact) mass is 299 g/mol. The fourth-order valence-corrected chi connectivity index (χ4v) is 1.68. The van der Waals surface area contributed by atoms with Crippen molar-refractivity contribution in [2.24, 2.45) is 4.99 Å². The van der Waals surface area contributed by atoms with Crippen molar-refractivity contribution in [3.8, 4) is 5.75 Å². The van der Waals surface area contributed by atoms with Crippen molar-refractivity contribution in [2.75, 3.05) is 0 Å². The number of rotatable bonds is 1. The Balaban J connectivity index is 0.00000144. The molecule has 0 aromatic heterocycles. The van der Waals surface area contributed by atoms with Crippen LogP contribution in [0, 0.1) is 0 Å². The molecule has 0 N–H and O–H groups in total. The summed E-state index contributed by atoms with van der Waals surface area (Å²) in [4.78, 5) is 15.2. The Morgan fingerprint density at radius 3 is 2.35 bits per heavy atom. The summed E-state index contributed by atoms with van der Waals surface area (Å²) < 4.78 is 0.645. The van der Waals surface area contributed by atoms with Gasteiger partial charge in [-0.05, 0) is 46.3 Å². The van der Waals surface area contributed by atoms with Crippen LogP contribution in [0.4, 0.5) is 5.69 Å². The second-order valence-corrected chi connectivity index (χ2v) is 4.07. The van der Waals surface area contributed by atoms with E-state index in [1.54, 1.807) is 18.2 Å². The number of carbonyl (C=O) groups is 1. The number of halogens is 1. The molecule has 0 heterocycles. The molecule has 0 atom stereocenters. The molecule has 1 aliphatic carbocycles. The molecule has 80 valence electrons. The summed E-state index contributed by atoms with van der Waals surface area (Å²) in [6, 6.07) is 4.55. The average molecular weight is 300 g/mol. The molecule has 0 radical (unpaired) electrons. The van der Waals surface area contributed by atoms with Gasteiger partial charge in [0.25, 0.3) is 0 Å². The van der Waals surface area contributed by atoms with Gasteiger partial charge < -0.3 is 5.11 Å². The maximum Gasteiger partial charge on any atom is 1.00 e. The van der Waals surface area contributed by atoms with Gasteiger partial charge in [0.15, 0.2) is 5.78 Å². The van der Waals surface area contributed by atoms with E-state index in [0.29, 0.717) is 15.9 Å². The molecule has 0 unspecified atom stereocenters. The van der Waals surface area contributed by atoms with Crippen molar-refractivity contribution < 1.29 is 39.5 Å². The molecular weight excluding hydrogens is 293 g/mol. The first-order chi connectivity index (χ1) is 7.65. The summed E-state index contributed by atoms with van der Waals surface area (Å²) >= 11 is 3.26. The van der Waals surface area contributed by atoms with E-state index in [-0.39, 0.29) is 41.1 Å². The Hall–Kier alpha value is -0.680. The third-order valence-corrected chi connectivity index (χ3v) is 2.64. The third-order valence-electron chi connectivity index (χ3n) is 2.01. The molecule has 0 bridgehead atoms. The second-order valence-electron chi connectivity index (χ2n) is 3.22. The van der Waals surface area contributed by atoms with Crippen molar-refractivity contribution in [3.63, 3.8) is 0 Å². The van der Waals surface area contributed by atoms with Crippen molar-refractivity contribution in [1.82, 2.24) is 0 Å². The maximum absolute atomic E-state index is 11.0. The van der Waals surface area contributed by atoms with Crippen LogP contribution in [0.5, 0.6) is 5.75 Å². The van der Waals surface area contributed by atoms with Crippen LogP contribution in [0.1, 0.15) is 0 Å². The zero-order chi connectivity index (χ0) is 11.5. The molecule has 1 aliphatic rings. The number of nitrogens with zero attached hydrogens (tertiary/aromatic N) is 1. The van der Waals surface area contributed by atoms with Crippen molar-refractivity contribution in [3.05, 3.63) is 47.0 Å². The first kappa shape index (κ1) is 14.4. The minimum atomic E-state index is -0.0688. The van der Waals surface area contributed by atoms with Crippen LogP contribution in [0.3, 0.4) is 0 Å². The van der Waals surface area contributed by atoms with Gasteiger partial charge in [0.2, 0.25) is 0 Å². The van der Waals surface area contributed by atoms with Gasteiger partial charge in [0, 0.05) is 4.47 Å². The second kappa shape index (κ2) is 6.31. The van der Waals surface area contributed by atoms with Crippen LogP contribution in [0.25, 0.3) is 0 Å². The molecule has 1 aromatic carbocycles. The van der Waals surface area contributed by atoms with Crippen LogP contribution >= 0.6 is 15.9 Å². The fourth-order valence-electron chi connectivity index (χ4n) is 1.24. The minimum absolute atomic E-state index is 0. The Morgan fingerprint density at radius 2 is 1.76 bits per heavy atom. The molecule has 17 heavy (non-hydrogen) atoms. The summed E-state index contributed by atoms with van der Waals surface area (Å²) in [6.45, 7) is 0. The van der Waals surface area contributed by atoms with Crippen LogP contribution in [0.15, 0.2) is 52.0 Å². The number of carbonyl (C=O) groups excluding carboxylic acids is 1. The Bertz CT molecular complexity index is 517. The topological polar surface area (TPSA) is 52.5 Å². The SMILES string of the molecule is O=C1C=CC(=Nc2ccc([O-])cc2Br)C=C1.[Na+]. The average Bonchev–Trinajstić information content (AvgIpc) is 2.25. The molecule has 0 fully saturated rings. The summed E-state index contributed by atoms with van der Waals surface area (Å²) in [7, 11) is 0. The van der Waals surface area contributed by atoms with Gasteiger partial charge in [-0.25, -0.2) is 4.99 Å².